The van der Waals surface area contributed by atoms with E-state index in [9.17, 15) is 8.42 Å². The molecule has 2 N–H and O–H groups in total. The predicted octanol–water partition coefficient (Wildman–Crippen LogP) is 0.162. The molecule has 1 fully saturated rings. The molecule has 0 aromatic rings. The summed E-state index contributed by atoms with van der Waals surface area (Å²) < 4.78 is 27.5. The molecule has 96 valence electrons. The number of rotatable bonds is 6. The van der Waals surface area contributed by atoms with E-state index in [0.717, 1.165) is 25.8 Å². The predicted molar refractivity (Wildman–Crippen MR) is 65.4 cm³/mol. The Labute approximate surface area is 98.8 Å². The smallest absolute Gasteiger partial charge is 0.279 e. The van der Waals surface area contributed by atoms with E-state index in [0.29, 0.717) is 25.6 Å². The minimum Gasteiger partial charge on any atom is -0.320 e. The van der Waals surface area contributed by atoms with Crippen LogP contribution in [0.3, 0.4) is 0 Å². The normalized spacial score (nSPS) is 20.1. The van der Waals surface area contributed by atoms with Gasteiger partial charge in [-0.3, -0.25) is 0 Å². The highest BCUT2D eigenvalue weighted by Gasteiger charge is 2.26. The number of nitrogens with zero attached hydrogens (tertiary/aromatic N) is 1. The van der Waals surface area contributed by atoms with E-state index in [1.165, 1.54) is 0 Å². The lowest BCUT2D eigenvalue weighted by molar-refractivity contribution is 0.261. The Hall–Kier alpha value is -0.170. The maximum Gasteiger partial charge on any atom is 0.279 e. The molecule has 1 aliphatic heterocycles. The Kier molecular flexibility index (Phi) is 5.68. The second kappa shape index (κ2) is 6.54. The quantitative estimate of drug-likeness (QED) is 0.705. The fraction of sp³-hybridized carbons (Fsp3) is 1.00. The van der Waals surface area contributed by atoms with Gasteiger partial charge in [0, 0.05) is 19.6 Å². The van der Waals surface area contributed by atoms with E-state index in [1.807, 2.05) is 7.05 Å². The number of piperidine rings is 1. The highest BCUT2D eigenvalue weighted by molar-refractivity contribution is 7.87. The highest BCUT2D eigenvalue weighted by atomic mass is 32.2. The molecule has 0 unspecified atom stereocenters. The van der Waals surface area contributed by atoms with Gasteiger partial charge in [0.25, 0.3) is 10.2 Å². The summed E-state index contributed by atoms with van der Waals surface area (Å²) in [5, 5.41) is 3.13. The van der Waals surface area contributed by atoms with Gasteiger partial charge in [-0.15, -0.1) is 0 Å². The standard InChI is InChI=1S/C10H23N3O2S/c1-3-12-16(14,15)13-8-5-10(6-9-13)4-7-11-2/h10-12H,3-9H2,1-2H3. The molecule has 0 amide bonds. The number of hydrogen-bond acceptors (Lipinski definition) is 3. The molecule has 1 heterocycles. The molecule has 1 rings (SSSR count). The first-order chi connectivity index (χ1) is 7.60. The summed E-state index contributed by atoms with van der Waals surface area (Å²) in [7, 11) is -1.26. The lowest BCUT2D eigenvalue weighted by Gasteiger charge is -2.31. The molecule has 0 aliphatic carbocycles. The molecule has 0 aromatic carbocycles. The number of hydrogen-bond donors (Lipinski definition) is 2. The second-order valence-electron chi connectivity index (χ2n) is 4.24. The molecule has 0 atom stereocenters. The third-order valence-electron chi connectivity index (χ3n) is 3.04. The van der Waals surface area contributed by atoms with Crippen LogP contribution in [0.1, 0.15) is 26.2 Å². The van der Waals surface area contributed by atoms with E-state index in [-0.39, 0.29) is 0 Å². The van der Waals surface area contributed by atoms with Crippen LogP contribution in [0, 0.1) is 5.92 Å². The molecule has 16 heavy (non-hydrogen) atoms. The summed E-state index contributed by atoms with van der Waals surface area (Å²) in [6.07, 6.45) is 3.10. The van der Waals surface area contributed by atoms with Gasteiger partial charge in [0.2, 0.25) is 0 Å². The van der Waals surface area contributed by atoms with Crippen molar-refractivity contribution < 1.29 is 8.42 Å². The molecule has 1 aliphatic rings. The fourth-order valence-corrected chi connectivity index (χ4v) is 3.30. The maximum absolute atomic E-state index is 11.7. The van der Waals surface area contributed by atoms with E-state index >= 15 is 0 Å². The van der Waals surface area contributed by atoms with Crippen LogP contribution < -0.4 is 10.0 Å². The Morgan fingerprint density at radius 1 is 1.31 bits per heavy atom. The van der Waals surface area contributed by atoms with Gasteiger partial charge < -0.3 is 5.32 Å². The Morgan fingerprint density at radius 2 is 1.94 bits per heavy atom. The SMILES string of the molecule is CCNS(=O)(=O)N1CCC(CCNC)CC1. The Morgan fingerprint density at radius 3 is 2.44 bits per heavy atom. The van der Waals surface area contributed by atoms with Crippen molar-refractivity contribution in [2.24, 2.45) is 5.92 Å². The molecule has 0 aromatic heterocycles. The largest absolute Gasteiger partial charge is 0.320 e. The van der Waals surface area contributed by atoms with Crippen molar-refractivity contribution in [1.29, 1.82) is 0 Å². The average Bonchev–Trinajstić information content (AvgIpc) is 2.27. The van der Waals surface area contributed by atoms with Crippen LogP contribution in [0.5, 0.6) is 0 Å². The van der Waals surface area contributed by atoms with Crippen molar-refractivity contribution in [3.05, 3.63) is 0 Å². The molecular formula is C10H23N3O2S. The minimum absolute atomic E-state index is 0.460. The van der Waals surface area contributed by atoms with Crippen molar-refractivity contribution in [2.75, 3.05) is 33.2 Å². The lowest BCUT2D eigenvalue weighted by Crippen LogP contribution is -2.45. The van der Waals surface area contributed by atoms with Crippen LogP contribution >= 0.6 is 0 Å². The minimum atomic E-state index is -3.21. The van der Waals surface area contributed by atoms with Gasteiger partial charge >= 0.3 is 0 Å². The highest BCUT2D eigenvalue weighted by Crippen LogP contribution is 2.21. The Balaban J connectivity index is 2.37. The maximum atomic E-state index is 11.7. The lowest BCUT2D eigenvalue weighted by atomic mass is 9.95. The van der Waals surface area contributed by atoms with Gasteiger partial charge in [0.05, 0.1) is 0 Å². The summed E-state index contributed by atoms with van der Waals surface area (Å²) in [4.78, 5) is 0. The molecule has 0 bridgehead atoms. The van der Waals surface area contributed by atoms with Crippen LogP contribution in [0.4, 0.5) is 0 Å². The summed E-state index contributed by atoms with van der Waals surface area (Å²) in [6, 6.07) is 0. The van der Waals surface area contributed by atoms with Crippen LogP contribution in [0.2, 0.25) is 0 Å². The van der Waals surface area contributed by atoms with E-state index in [2.05, 4.69) is 10.0 Å². The monoisotopic (exact) mass is 249 g/mol. The van der Waals surface area contributed by atoms with E-state index < -0.39 is 10.2 Å². The van der Waals surface area contributed by atoms with E-state index in [1.54, 1.807) is 11.2 Å². The van der Waals surface area contributed by atoms with Crippen molar-refractivity contribution >= 4 is 10.2 Å². The van der Waals surface area contributed by atoms with Crippen LogP contribution in [-0.2, 0) is 10.2 Å². The summed E-state index contributed by atoms with van der Waals surface area (Å²) >= 11 is 0. The van der Waals surface area contributed by atoms with Crippen molar-refractivity contribution in [1.82, 2.24) is 14.3 Å². The zero-order valence-corrected chi connectivity index (χ0v) is 11.0. The van der Waals surface area contributed by atoms with Gasteiger partial charge in [-0.05, 0) is 38.8 Å². The third-order valence-corrected chi connectivity index (χ3v) is 4.74. The zero-order chi connectivity index (χ0) is 12.0. The molecule has 5 nitrogen and oxygen atoms in total. The first-order valence-electron chi connectivity index (χ1n) is 5.99. The van der Waals surface area contributed by atoms with E-state index in [4.69, 9.17) is 0 Å². The Bertz CT molecular complexity index is 284. The van der Waals surface area contributed by atoms with Gasteiger partial charge in [-0.2, -0.15) is 12.7 Å². The topological polar surface area (TPSA) is 61.4 Å². The molecule has 6 heteroatoms. The first kappa shape index (κ1) is 13.9. The van der Waals surface area contributed by atoms with Crippen molar-refractivity contribution in [2.45, 2.75) is 26.2 Å². The van der Waals surface area contributed by atoms with Gasteiger partial charge in [-0.1, -0.05) is 6.92 Å². The second-order valence-corrected chi connectivity index (χ2v) is 5.99. The first-order valence-corrected chi connectivity index (χ1v) is 7.43. The molecule has 0 spiro atoms. The van der Waals surface area contributed by atoms with Crippen LogP contribution in [-0.4, -0.2) is 45.9 Å². The fourth-order valence-electron chi connectivity index (χ4n) is 2.06. The summed E-state index contributed by atoms with van der Waals surface area (Å²) in [5.41, 5.74) is 0. The van der Waals surface area contributed by atoms with Gasteiger partial charge in [0.1, 0.15) is 0 Å². The summed E-state index contributed by atoms with van der Waals surface area (Å²) in [5.74, 6) is 0.667. The van der Waals surface area contributed by atoms with Gasteiger partial charge in [0.15, 0.2) is 0 Å². The zero-order valence-electron chi connectivity index (χ0n) is 10.2. The van der Waals surface area contributed by atoms with Gasteiger partial charge in [-0.25, -0.2) is 4.72 Å². The van der Waals surface area contributed by atoms with Crippen LogP contribution in [0.15, 0.2) is 0 Å². The number of nitrogens with one attached hydrogen (secondary N) is 2. The summed E-state index contributed by atoms with van der Waals surface area (Å²) in [6.45, 7) is 4.59. The average molecular weight is 249 g/mol. The molecule has 0 saturated carbocycles. The molecule has 1 saturated heterocycles. The molecular weight excluding hydrogens is 226 g/mol. The van der Waals surface area contributed by atoms with Crippen molar-refractivity contribution in [3.8, 4) is 0 Å². The van der Waals surface area contributed by atoms with Crippen LogP contribution in [0.25, 0.3) is 0 Å². The van der Waals surface area contributed by atoms with Crippen molar-refractivity contribution in [3.63, 3.8) is 0 Å². The molecule has 0 radical (unpaired) electrons. The third kappa shape index (κ3) is 4.01.